The van der Waals surface area contributed by atoms with Gasteiger partial charge in [0.05, 0.1) is 18.1 Å². The van der Waals surface area contributed by atoms with Crippen LogP contribution >= 0.6 is 0 Å². The van der Waals surface area contributed by atoms with Crippen LogP contribution < -0.4 is 9.62 Å². The van der Waals surface area contributed by atoms with Crippen molar-refractivity contribution in [1.82, 2.24) is 34.2 Å². The maximum atomic E-state index is 14.2. The second-order valence-corrected chi connectivity index (χ2v) is 10.4. The Morgan fingerprint density at radius 3 is 2.76 bits per heavy atom. The highest BCUT2D eigenvalue weighted by Gasteiger charge is 2.42. The molecule has 0 bridgehead atoms. The zero-order chi connectivity index (χ0) is 24.0. The summed E-state index contributed by atoms with van der Waals surface area (Å²) in [6, 6.07) is 4.08. The average Bonchev–Trinajstić information content (AvgIpc) is 3.39. The van der Waals surface area contributed by atoms with Crippen molar-refractivity contribution in [2.75, 3.05) is 37.3 Å². The summed E-state index contributed by atoms with van der Waals surface area (Å²) in [5, 5.41) is 3.98. The van der Waals surface area contributed by atoms with Gasteiger partial charge in [-0.05, 0) is 18.6 Å². The van der Waals surface area contributed by atoms with E-state index in [9.17, 15) is 21.6 Å². The van der Waals surface area contributed by atoms with E-state index >= 15 is 0 Å². The third-order valence-electron chi connectivity index (χ3n) is 6.16. The summed E-state index contributed by atoms with van der Waals surface area (Å²) in [5.41, 5.74) is 0.902. The molecule has 2 aliphatic rings. The minimum atomic E-state index is -3.40. The van der Waals surface area contributed by atoms with Crippen LogP contribution in [0.25, 0.3) is 17.0 Å². The Bertz CT molecular complexity index is 1300. The van der Waals surface area contributed by atoms with E-state index in [0.717, 1.165) is 6.26 Å². The summed E-state index contributed by atoms with van der Waals surface area (Å²) in [6.07, 6.45) is 0.624. The minimum Gasteiger partial charge on any atom is -0.353 e. The minimum absolute atomic E-state index is 0.0837. The topological polar surface area (TPSA) is 109 Å². The number of hydrogen-bond acceptors (Lipinski definition) is 8. The first-order valence-electron chi connectivity index (χ1n) is 10.7. The van der Waals surface area contributed by atoms with Crippen LogP contribution in [0.2, 0.25) is 0 Å². The fraction of sp³-hybridized carbons (Fsp3) is 0.500. The van der Waals surface area contributed by atoms with Gasteiger partial charge >= 0.3 is 0 Å². The molecule has 10 nitrogen and oxygen atoms in total. The molecule has 34 heavy (non-hydrogen) atoms. The smallest absolute Gasteiger partial charge is 0.282 e. The largest absolute Gasteiger partial charge is 0.353 e. The van der Waals surface area contributed by atoms with Crippen molar-refractivity contribution < 1.29 is 21.6 Å². The molecule has 3 aromatic rings. The van der Waals surface area contributed by atoms with E-state index in [0.29, 0.717) is 42.4 Å². The molecule has 5 heterocycles. The monoisotopic (exact) mass is 496 g/mol. The van der Waals surface area contributed by atoms with Gasteiger partial charge in [-0.1, -0.05) is 0 Å². The summed E-state index contributed by atoms with van der Waals surface area (Å²) in [5.74, 6) is 0.566. The summed E-state index contributed by atoms with van der Waals surface area (Å²) in [6.45, 7) is 1.38. The molecule has 0 spiro atoms. The fourth-order valence-electron chi connectivity index (χ4n) is 4.65. The van der Waals surface area contributed by atoms with Gasteiger partial charge in [-0.3, -0.25) is 4.90 Å². The number of halogens is 3. The van der Waals surface area contributed by atoms with Gasteiger partial charge in [-0.15, -0.1) is 0 Å². The molecule has 0 aromatic carbocycles. The number of rotatable bonds is 6. The molecule has 182 valence electrons. The predicted molar refractivity (Wildman–Crippen MR) is 118 cm³/mol. The second-order valence-electron chi connectivity index (χ2n) is 8.60. The van der Waals surface area contributed by atoms with E-state index in [2.05, 4.69) is 24.8 Å². The van der Waals surface area contributed by atoms with Gasteiger partial charge in [0, 0.05) is 44.3 Å². The first kappa shape index (κ1) is 22.9. The molecular weight excluding hydrogens is 473 g/mol. The van der Waals surface area contributed by atoms with E-state index in [-0.39, 0.29) is 30.9 Å². The first-order valence-corrected chi connectivity index (χ1v) is 12.6. The number of sulfonamides is 1. The molecule has 3 atom stereocenters. The highest BCUT2D eigenvalue weighted by atomic mass is 32.2. The third kappa shape index (κ3) is 4.57. The van der Waals surface area contributed by atoms with Gasteiger partial charge < -0.3 is 4.90 Å². The molecule has 5 rings (SSSR count). The zero-order valence-electron chi connectivity index (χ0n) is 18.2. The van der Waals surface area contributed by atoms with Crippen molar-refractivity contribution in [3.8, 4) is 11.4 Å². The summed E-state index contributed by atoms with van der Waals surface area (Å²) < 4.78 is 67.6. The number of fused-ring (bicyclic) bond motifs is 2. The molecule has 0 aliphatic carbocycles. The number of aromatic nitrogens is 5. The molecule has 1 unspecified atom stereocenters. The van der Waals surface area contributed by atoms with E-state index in [1.54, 1.807) is 6.07 Å². The lowest BCUT2D eigenvalue weighted by Crippen LogP contribution is -2.59. The molecule has 2 saturated heterocycles. The van der Waals surface area contributed by atoms with Crippen molar-refractivity contribution >= 4 is 21.5 Å². The van der Waals surface area contributed by atoms with Crippen LogP contribution in [0, 0.1) is 0 Å². The van der Waals surface area contributed by atoms with Gasteiger partial charge in [0.25, 0.3) is 6.43 Å². The molecule has 14 heteroatoms. The summed E-state index contributed by atoms with van der Waals surface area (Å²) in [4.78, 5) is 16.9. The molecule has 2 aliphatic heterocycles. The number of alkyl halides is 3. The van der Waals surface area contributed by atoms with Crippen LogP contribution in [0.1, 0.15) is 18.5 Å². The lowest BCUT2D eigenvalue weighted by molar-refractivity contribution is 0.144. The molecule has 0 saturated carbocycles. The molecule has 2 fully saturated rings. The third-order valence-corrected chi connectivity index (χ3v) is 6.85. The Morgan fingerprint density at radius 1 is 1.18 bits per heavy atom. The van der Waals surface area contributed by atoms with Crippen molar-refractivity contribution in [2.24, 2.45) is 0 Å². The van der Waals surface area contributed by atoms with Gasteiger partial charge in [0.1, 0.15) is 29.7 Å². The maximum Gasteiger partial charge on any atom is 0.282 e. The second kappa shape index (κ2) is 8.74. The van der Waals surface area contributed by atoms with Crippen LogP contribution in [0.3, 0.4) is 0 Å². The Kier molecular flexibility index (Phi) is 5.90. The molecule has 0 radical (unpaired) electrons. The number of nitrogens with zero attached hydrogens (tertiary/aromatic N) is 7. The highest BCUT2D eigenvalue weighted by molar-refractivity contribution is 7.88. The lowest BCUT2D eigenvalue weighted by Gasteiger charge is -2.44. The zero-order valence-corrected chi connectivity index (χ0v) is 19.0. The summed E-state index contributed by atoms with van der Waals surface area (Å²) >= 11 is 0. The quantitative estimate of drug-likeness (QED) is 0.544. The summed E-state index contributed by atoms with van der Waals surface area (Å²) in [7, 11) is -3.40. The van der Waals surface area contributed by atoms with Crippen molar-refractivity contribution in [3.63, 3.8) is 0 Å². The number of imidazole rings is 1. The molecular formula is C20H23F3N8O2S. The van der Waals surface area contributed by atoms with E-state index in [4.69, 9.17) is 0 Å². The van der Waals surface area contributed by atoms with Crippen LogP contribution in [0.5, 0.6) is 0 Å². The van der Waals surface area contributed by atoms with Gasteiger partial charge in [0.2, 0.25) is 10.0 Å². The number of nitrogens with one attached hydrogen (secondary N) is 1. The standard InChI is InChI=1S/C20H23F3N8O2S/c1-34(32,33)27-6-14-10-29(9-13-4-12(21)8-30(13)14)19-5-16(25-11-26-19)17-7-24-18-3-2-15(20(22)23)28-31(17)18/h2-3,5,7,11-14,20,27H,4,6,8-10H2,1H3/t12-,13-,14?/m0/s1. The Labute approximate surface area is 193 Å². The van der Waals surface area contributed by atoms with E-state index in [1.165, 1.54) is 29.2 Å². The molecule has 0 amide bonds. The van der Waals surface area contributed by atoms with Crippen molar-refractivity contribution in [1.29, 1.82) is 0 Å². The van der Waals surface area contributed by atoms with Crippen LogP contribution in [-0.2, 0) is 10.0 Å². The van der Waals surface area contributed by atoms with Crippen molar-refractivity contribution in [3.05, 3.63) is 36.4 Å². The average molecular weight is 497 g/mol. The Hall–Kier alpha value is -2.84. The SMILES string of the molecule is CS(=O)(=O)NCC1CN(c2cc(-c3cnc4ccc(C(F)F)nn34)ncn2)C[C@@H]2C[C@H](F)CN12. The normalized spacial score (nSPS) is 23.7. The number of anilines is 1. The number of hydrogen-bond donors (Lipinski definition) is 1. The van der Waals surface area contributed by atoms with Crippen LogP contribution in [0.4, 0.5) is 19.0 Å². The van der Waals surface area contributed by atoms with Gasteiger partial charge in [0.15, 0.2) is 5.65 Å². The van der Waals surface area contributed by atoms with Crippen molar-refractivity contribution in [2.45, 2.75) is 31.1 Å². The van der Waals surface area contributed by atoms with Gasteiger partial charge in [-0.2, -0.15) is 5.10 Å². The predicted octanol–water partition coefficient (Wildman–Crippen LogP) is 1.27. The van der Waals surface area contributed by atoms with Crippen LogP contribution in [-0.4, -0.2) is 88.6 Å². The first-order chi connectivity index (χ1) is 16.2. The van der Waals surface area contributed by atoms with Crippen LogP contribution in [0.15, 0.2) is 30.7 Å². The highest BCUT2D eigenvalue weighted by Crippen LogP contribution is 2.31. The van der Waals surface area contributed by atoms with E-state index in [1.807, 2.05) is 9.80 Å². The van der Waals surface area contributed by atoms with E-state index < -0.39 is 22.6 Å². The molecule has 1 N–H and O–H groups in total. The number of piperazine rings is 1. The van der Waals surface area contributed by atoms with Gasteiger partial charge in [-0.25, -0.2) is 45.8 Å². The maximum absolute atomic E-state index is 14.2. The lowest BCUT2D eigenvalue weighted by atomic mass is 10.1. The Balaban J connectivity index is 1.45. The fourth-order valence-corrected chi connectivity index (χ4v) is 5.15. The Morgan fingerprint density at radius 2 is 2.00 bits per heavy atom. The molecule has 3 aromatic heterocycles.